The molecule has 1 aliphatic heterocycles. The van der Waals surface area contributed by atoms with E-state index in [2.05, 4.69) is 5.32 Å². The Balaban J connectivity index is 2.01. The average Bonchev–Trinajstić information content (AvgIpc) is 2.78. The highest BCUT2D eigenvalue weighted by atomic mass is 32.2. The number of aliphatic hydroxyl groups excluding tert-OH is 1. The highest BCUT2D eigenvalue weighted by Gasteiger charge is 2.32. The fourth-order valence-electron chi connectivity index (χ4n) is 1.96. The third kappa shape index (κ3) is 3.08. The summed E-state index contributed by atoms with van der Waals surface area (Å²) in [6, 6.07) is 6.45. The first-order chi connectivity index (χ1) is 8.99. The Morgan fingerprint density at radius 1 is 1.42 bits per heavy atom. The Kier molecular flexibility index (Phi) is 4.11. The van der Waals surface area contributed by atoms with Crippen molar-refractivity contribution < 1.29 is 19.8 Å². The lowest BCUT2D eigenvalue weighted by Crippen LogP contribution is -2.50. The lowest BCUT2D eigenvalue weighted by molar-refractivity contribution is -0.144. The first-order valence-corrected chi connectivity index (χ1v) is 6.83. The molecule has 2 rings (SSSR count). The number of amides is 1. The number of aliphatic hydroxyl groups is 1. The summed E-state index contributed by atoms with van der Waals surface area (Å²) in [7, 11) is 0. The summed E-state index contributed by atoms with van der Waals surface area (Å²) in [6.45, 7) is 1.34. The lowest BCUT2D eigenvalue weighted by Gasteiger charge is -2.19. The van der Waals surface area contributed by atoms with Crippen LogP contribution in [0.4, 0.5) is 0 Å². The van der Waals surface area contributed by atoms with Crippen LogP contribution in [0.2, 0.25) is 0 Å². The van der Waals surface area contributed by atoms with Crippen LogP contribution in [0.3, 0.4) is 0 Å². The Bertz CT molecular complexity index is 478. The number of hydrogen-bond acceptors (Lipinski definition) is 4. The summed E-state index contributed by atoms with van der Waals surface area (Å²) in [5.74, 6) is -1.58. The van der Waals surface area contributed by atoms with E-state index in [9.17, 15) is 14.7 Å². The monoisotopic (exact) mass is 281 g/mol. The van der Waals surface area contributed by atoms with Crippen molar-refractivity contribution in [2.24, 2.45) is 0 Å². The molecule has 6 heteroatoms. The standard InChI is InChI=1S/C13H15NO4S/c1-7(15)11(13(17)18)14-12(16)10-6-8-4-2-3-5-9(8)19-10/h2-5,7,10-11,15H,6H2,1H3,(H,14,16)(H,17,18). The summed E-state index contributed by atoms with van der Waals surface area (Å²) in [4.78, 5) is 24.0. The van der Waals surface area contributed by atoms with E-state index in [1.807, 2.05) is 24.3 Å². The third-order valence-electron chi connectivity index (χ3n) is 2.99. The fraction of sp³-hybridized carbons (Fsp3) is 0.385. The molecule has 1 aromatic rings. The molecule has 0 aliphatic carbocycles. The van der Waals surface area contributed by atoms with Crippen LogP contribution < -0.4 is 5.32 Å². The number of nitrogens with one attached hydrogen (secondary N) is 1. The Labute approximate surface area is 115 Å². The molecule has 19 heavy (non-hydrogen) atoms. The van der Waals surface area contributed by atoms with Crippen molar-refractivity contribution in [1.29, 1.82) is 0 Å². The molecule has 1 aliphatic rings. The molecule has 5 nitrogen and oxygen atoms in total. The van der Waals surface area contributed by atoms with Gasteiger partial charge >= 0.3 is 5.97 Å². The zero-order valence-corrected chi connectivity index (χ0v) is 11.2. The number of thioether (sulfide) groups is 1. The second-order valence-electron chi connectivity index (χ2n) is 4.48. The smallest absolute Gasteiger partial charge is 0.328 e. The molecule has 3 atom stereocenters. The number of carboxylic acids is 1. The summed E-state index contributed by atoms with van der Waals surface area (Å²) in [6.07, 6.45) is -0.547. The van der Waals surface area contributed by atoms with Crippen LogP contribution in [0.15, 0.2) is 29.2 Å². The topological polar surface area (TPSA) is 86.6 Å². The van der Waals surface area contributed by atoms with Gasteiger partial charge in [0.1, 0.15) is 0 Å². The largest absolute Gasteiger partial charge is 0.480 e. The first-order valence-electron chi connectivity index (χ1n) is 5.95. The van der Waals surface area contributed by atoms with Gasteiger partial charge in [-0.1, -0.05) is 18.2 Å². The molecule has 1 amide bonds. The van der Waals surface area contributed by atoms with Gasteiger partial charge in [-0.05, 0) is 25.0 Å². The summed E-state index contributed by atoms with van der Waals surface area (Å²) >= 11 is 1.42. The number of benzene rings is 1. The van der Waals surface area contributed by atoms with Crippen molar-refractivity contribution in [3.8, 4) is 0 Å². The van der Waals surface area contributed by atoms with Crippen molar-refractivity contribution in [2.75, 3.05) is 0 Å². The van der Waals surface area contributed by atoms with Gasteiger partial charge in [-0.2, -0.15) is 0 Å². The van der Waals surface area contributed by atoms with Crippen LogP contribution in [-0.4, -0.2) is 39.5 Å². The van der Waals surface area contributed by atoms with E-state index in [4.69, 9.17) is 5.11 Å². The van der Waals surface area contributed by atoms with Gasteiger partial charge in [0.05, 0.1) is 11.4 Å². The van der Waals surface area contributed by atoms with E-state index in [1.165, 1.54) is 18.7 Å². The molecule has 3 unspecified atom stereocenters. The Hall–Kier alpha value is -1.53. The predicted molar refractivity (Wildman–Crippen MR) is 71.0 cm³/mol. The minimum absolute atomic E-state index is 0.335. The van der Waals surface area contributed by atoms with Gasteiger partial charge in [0.25, 0.3) is 0 Å². The number of carboxylic acid groups (broad SMARTS) is 1. The van der Waals surface area contributed by atoms with Gasteiger partial charge in [-0.15, -0.1) is 11.8 Å². The average molecular weight is 281 g/mol. The van der Waals surface area contributed by atoms with Crippen LogP contribution in [0.1, 0.15) is 12.5 Å². The van der Waals surface area contributed by atoms with Gasteiger partial charge in [0.2, 0.25) is 5.91 Å². The zero-order valence-electron chi connectivity index (χ0n) is 10.4. The fourth-order valence-corrected chi connectivity index (χ4v) is 3.17. The van der Waals surface area contributed by atoms with E-state index < -0.39 is 18.1 Å². The highest BCUT2D eigenvalue weighted by Crippen LogP contribution is 2.36. The minimum Gasteiger partial charge on any atom is -0.480 e. The van der Waals surface area contributed by atoms with Crippen LogP contribution in [0, 0.1) is 0 Å². The first kappa shape index (κ1) is 13.9. The number of fused-ring (bicyclic) bond motifs is 1. The third-order valence-corrected chi connectivity index (χ3v) is 4.30. The lowest BCUT2D eigenvalue weighted by atomic mass is 10.1. The number of aliphatic carboxylic acids is 1. The number of rotatable bonds is 4. The van der Waals surface area contributed by atoms with Gasteiger partial charge in [-0.3, -0.25) is 4.79 Å². The van der Waals surface area contributed by atoms with Crippen LogP contribution in [0.25, 0.3) is 0 Å². The molecule has 3 N–H and O–H groups in total. The molecule has 0 spiro atoms. The van der Waals surface area contributed by atoms with Crippen molar-refractivity contribution >= 4 is 23.6 Å². The summed E-state index contributed by atoms with van der Waals surface area (Å²) < 4.78 is 0. The van der Waals surface area contributed by atoms with Crippen LogP contribution >= 0.6 is 11.8 Å². The van der Waals surface area contributed by atoms with Crippen molar-refractivity contribution in [3.05, 3.63) is 29.8 Å². The van der Waals surface area contributed by atoms with Crippen molar-refractivity contribution in [3.63, 3.8) is 0 Å². The van der Waals surface area contributed by atoms with Gasteiger partial charge in [0, 0.05) is 4.90 Å². The predicted octanol–water partition coefficient (Wildman–Crippen LogP) is 0.654. The Morgan fingerprint density at radius 3 is 2.68 bits per heavy atom. The molecular formula is C13H15NO4S. The molecule has 0 saturated carbocycles. The molecule has 0 saturated heterocycles. The molecule has 1 aromatic carbocycles. The molecule has 102 valence electrons. The highest BCUT2D eigenvalue weighted by molar-refractivity contribution is 8.01. The van der Waals surface area contributed by atoms with Crippen LogP contribution in [-0.2, 0) is 16.0 Å². The molecule has 0 fully saturated rings. The molecule has 0 radical (unpaired) electrons. The Morgan fingerprint density at radius 2 is 2.11 bits per heavy atom. The van der Waals surface area contributed by atoms with Gasteiger partial charge < -0.3 is 15.5 Å². The quantitative estimate of drug-likeness (QED) is 0.754. The number of hydrogen-bond donors (Lipinski definition) is 3. The van der Waals surface area contributed by atoms with Gasteiger partial charge in [0.15, 0.2) is 6.04 Å². The van der Waals surface area contributed by atoms with E-state index in [-0.39, 0.29) is 11.2 Å². The second-order valence-corrected chi connectivity index (χ2v) is 5.73. The number of carbonyl (C=O) groups excluding carboxylic acids is 1. The molecular weight excluding hydrogens is 266 g/mol. The maximum Gasteiger partial charge on any atom is 0.328 e. The number of carbonyl (C=O) groups is 2. The van der Waals surface area contributed by atoms with Crippen molar-refractivity contribution in [1.82, 2.24) is 5.32 Å². The summed E-state index contributed by atoms with van der Waals surface area (Å²) in [5.41, 5.74) is 1.09. The van der Waals surface area contributed by atoms with E-state index in [0.29, 0.717) is 6.42 Å². The maximum atomic E-state index is 12.0. The zero-order chi connectivity index (χ0) is 14.0. The SMILES string of the molecule is CC(O)C(NC(=O)C1Cc2ccccc2S1)C(=O)O. The molecule has 0 bridgehead atoms. The second kappa shape index (κ2) is 5.63. The van der Waals surface area contributed by atoms with Crippen molar-refractivity contribution in [2.45, 2.75) is 35.6 Å². The normalized spacial score (nSPS) is 20.4. The maximum absolute atomic E-state index is 12.0. The molecule has 1 heterocycles. The van der Waals surface area contributed by atoms with Crippen LogP contribution in [0.5, 0.6) is 0 Å². The van der Waals surface area contributed by atoms with E-state index >= 15 is 0 Å². The van der Waals surface area contributed by atoms with E-state index in [1.54, 1.807) is 0 Å². The van der Waals surface area contributed by atoms with Gasteiger partial charge in [-0.25, -0.2) is 4.79 Å². The van der Waals surface area contributed by atoms with E-state index in [0.717, 1.165) is 10.5 Å². The minimum atomic E-state index is -1.27. The summed E-state index contributed by atoms with van der Waals surface area (Å²) in [5, 5.41) is 20.3. The molecule has 0 aromatic heterocycles.